The summed E-state index contributed by atoms with van der Waals surface area (Å²) in [6.07, 6.45) is 4.05. The van der Waals surface area contributed by atoms with E-state index in [0.29, 0.717) is 5.13 Å². The van der Waals surface area contributed by atoms with Gasteiger partial charge in [0.1, 0.15) is 5.01 Å². The highest BCUT2D eigenvalue weighted by Gasteiger charge is 2.19. The van der Waals surface area contributed by atoms with E-state index in [1.165, 1.54) is 22.5 Å². The van der Waals surface area contributed by atoms with E-state index in [2.05, 4.69) is 21.6 Å². The first-order valence-electron chi connectivity index (χ1n) is 6.52. The molecule has 1 aliphatic carbocycles. The fourth-order valence-electron chi connectivity index (χ4n) is 2.44. The van der Waals surface area contributed by atoms with Crippen LogP contribution in [0.5, 0.6) is 0 Å². The van der Waals surface area contributed by atoms with Crippen molar-refractivity contribution in [1.29, 1.82) is 0 Å². The van der Waals surface area contributed by atoms with Gasteiger partial charge in [0.25, 0.3) is 5.91 Å². The summed E-state index contributed by atoms with van der Waals surface area (Å²) in [5.41, 5.74) is 3.28. The van der Waals surface area contributed by atoms with Crippen molar-refractivity contribution in [3.05, 3.63) is 39.9 Å². The number of fused-ring (bicyclic) bond motifs is 1. The molecule has 0 aliphatic heterocycles. The average molecular weight is 273 g/mol. The normalized spacial score (nSPS) is 13.3. The van der Waals surface area contributed by atoms with Crippen LogP contribution in [0.25, 0.3) is 0 Å². The molecule has 1 amide bonds. The van der Waals surface area contributed by atoms with Crippen molar-refractivity contribution in [2.24, 2.45) is 0 Å². The Kier molecular flexibility index (Phi) is 3.29. The molecule has 1 aliphatic rings. The zero-order valence-electron chi connectivity index (χ0n) is 10.8. The molecular formula is C14H15N3OS. The first-order chi connectivity index (χ1) is 9.28. The van der Waals surface area contributed by atoms with E-state index in [1.807, 2.05) is 19.1 Å². The van der Waals surface area contributed by atoms with Crippen LogP contribution in [0.3, 0.4) is 0 Å². The number of aromatic nitrogens is 2. The van der Waals surface area contributed by atoms with E-state index in [0.717, 1.165) is 36.3 Å². The summed E-state index contributed by atoms with van der Waals surface area (Å²) >= 11 is 1.43. The van der Waals surface area contributed by atoms with Crippen molar-refractivity contribution in [3.8, 4) is 0 Å². The van der Waals surface area contributed by atoms with Crippen LogP contribution in [0, 0.1) is 0 Å². The maximum atomic E-state index is 12.3. The van der Waals surface area contributed by atoms with Crippen LogP contribution in [0.2, 0.25) is 0 Å². The number of benzene rings is 1. The van der Waals surface area contributed by atoms with Gasteiger partial charge in [-0.3, -0.25) is 10.1 Å². The SMILES string of the molecule is CCc1nnc(NC(=O)c2cccc3c2CCC3)s1. The number of nitrogens with zero attached hydrogens (tertiary/aromatic N) is 2. The molecule has 3 rings (SSSR count). The van der Waals surface area contributed by atoms with Gasteiger partial charge in [-0.05, 0) is 42.9 Å². The molecule has 0 saturated carbocycles. The third kappa shape index (κ3) is 2.38. The molecule has 1 aromatic heterocycles. The number of amides is 1. The van der Waals surface area contributed by atoms with E-state index in [9.17, 15) is 4.79 Å². The molecule has 0 fully saturated rings. The van der Waals surface area contributed by atoms with Gasteiger partial charge in [-0.2, -0.15) is 0 Å². The molecule has 0 atom stereocenters. The minimum atomic E-state index is -0.0717. The fraction of sp³-hybridized carbons (Fsp3) is 0.357. The molecule has 0 saturated heterocycles. The molecule has 5 heteroatoms. The molecule has 0 bridgehead atoms. The number of nitrogens with one attached hydrogen (secondary N) is 1. The Labute approximate surface area is 115 Å². The first-order valence-corrected chi connectivity index (χ1v) is 7.34. The van der Waals surface area contributed by atoms with E-state index in [4.69, 9.17) is 0 Å². The highest BCUT2D eigenvalue weighted by atomic mass is 32.1. The van der Waals surface area contributed by atoms with E-state index in [-0.39, 0.29) is 5.91 Å². The van der Waals surface area contributed by atoms with Gasteiger partial charge in [-0.15, -0.1) is 10.2 Å². The van der Waals surface area contributed by atoms with Gasteiger partial charge in [0.15, 0.2) is 0 Å². The monoisotopic (exact) mass is 273 g/mol. The Hall–Kier alpha value is -1.75. The van der Waals surface area contributed by atoms with Gasteiger partial charge in [0.2, 0.25) is 5.13 Å². The molecule has 2 aromatic rings. The molecule has 0 spiro atoms. The fourth-order valence-corrected chi connectivity index (χ4v) is 3.12. The molecule has 1 heterocycles. The van der Waals surface area contributed by atoms with Crippen LogP contribution in [0.4, 0.5) is 5.13 Å². The number of hydrogen-bond donors (Lipinski definition) is 1. The molecule has 98 valence electrons. The summed E-state index contributed by atoms with van der Waals surface area (Å²) < 4.78 is 0. The van der Waals surface area contributed by atoms with Crippen molar-refractivity contribution < 1.29 is 4.79 Å². The third-order valence-corrected chi connectivity index (χ3v) is 4.36. The van der Waals surface area contributed by atoms with Gasteiger partial charge in [-0.1, -0.05) is 30.4 Å². The molecule has 1 aromatic carbocycles. The maximum Gasteiger partial charge on any atom is 0.257 e. The summed E-state index contributed by atoms with van der Waals surface area (Å²) in [4.78, 5) is 12.3. The van der Waals surface area contributed by atoms with Crippen molar-refractivity contribution in [2.45, 2.75) is 32.6 Å². The topological polar surface area (TPSA) is 54.9 Å². The molecule has 4 nitrogen and oxygen atoms in total. The molecular weight excluding hydrogens is 258 g/mol. The van der Waals surface area contributed by atoms with Gasteiger partial charge in [0.05, 0.1) is 0 Å². The largest absolute Gasteiger partial charge is 0.296 e. The number of hydrogen-bond acceptors (Lipinski definition) is 4. The van der Waals surface area contributed by atoms with E-state index >= 15 is 0 Å². The number of carbonyl (C=O) groups excluding carboxylic acids is 1. The van der Waals surface area contributed by atoms with Crippen LogP contribution < -0.4 is 5.32 Å². The Morgan fingerprint density at radius 3 is 3.05 bits per heavy atom. The molecule has 0 radical (unpaired) electrons. The lowest BCUT2D eigenvalue weighted by atomic mass is 10.0. The maximum absolute atomic E-state index is 12.3. The Balaban J connectivity index is 1.83. The number of anilines is 1. The van der Waals surface area contributed by atoms with E-state index in [1.54, 1.807) is 0 Å². The number of carbonyl (C=O) groups is 1. The lowest BCUT2D eigenvalue weighted by molar-refractivity contribution is 0.102. The Morgan fingerprint density at radius 1 is 1.37 bits per heavy atom. The van der Waals surface area contributed by atoms with Crippen molar-refractivity contribution in [3.63, 3.8) is 0 Å². The highest BCUT2D eigenvalue weighted by Crippen LogP contribution is 2.26. The summed E-state index contributed by atoms with van der Waals surface area (Å²) in [6, 6.07) is 5.96. The number of aryl methyl sites for hydroxylation is 2. The first kappa shape index (κ1) is 12.3. The molecule has 0 unspecified atom stereocenters. The van der Waals surface area contributed by atoms with Crippen LogP contribution >= 0.6 is 11.3 Å². The van der Waals surface area contributed by atoms with Crippen molar-refractivity contribution >= 4 is 22.4 Å². The third-order valence-electron chi connectivity index (χ3n) is 3.38. The summed E-state index contributed by atoms with van der Waals surface area (Å²) in [5.74, 6) is -0.0717. The van der Waals surface area contributed by atoms with Gasteiger partial charge in [0, 0.05) is 5.56 Å². The van der Waals surface area contributed by atoms with Crippen LogP contribution in [-0.2, 0) is 19.3 Å². The van der Waals surface area contributed by atoms with Gasteiger partial charge in [-0.25, -0.2) is 0 Å². The minimum absolute atomic E-state index is 0.0717. The smallest absolute Gasteiger partial charge is 0.257 e. The van der Waals surface area contributed by atoms with E-state index < -0.39 is 0 Å². The van der Waals surface area contributed by atoms with Crippen molar-refractivity contribution in [2.75, 3.05) is 5.32 Å². The second-order valence-corrected chi connectivity index (χ2v) is 5.67. The highest BCUT2D eigenvalue weighted by molar-refractivity contribution is 7.15. The minimum Gasteiger partial charge on any atom is -0.296 e. The quantitative estimate of drug-likeness (QED) is 0.935. The van der Waals surface area contributed by atoms with Crippen molar-refractivity contribution in [1.82, 2.24) is 10.2 Å². The number of rotatable bonds is 3. The predicted octanol–water partition coefficient (Wildman–Crippen LogP) is 2.84. The second kappa shape index (κ2) is 5.09. The van der Waals surface area contributed by atoms with Crippen LogP contribution in [-0.4, -0.2) is 16.1 Å². The summed E-state index contributed by atoms with van der Waals surface area (Å²) in [7, 11) is 0. The second-order valence-electron chi connectivity index (χ2n) is 4.61. The lowest BCUT2D eigenvalue weighted by Gasteiger charge is -2.07. The average Bonchev–Trinajstić information content (AvgIpc) is 3.05. The Bertz CT molecular complexity index is 621. The standard InChI is InChI=1S/C14H15N3OS/c1-2-12-16-17-14(19-12)15-13(18)11-8-4-6-9-5-3-7-10(9)11/h4,6,8H,2-3,5,7H2,1H3,(H,15,17,18). The van der Waals surface area contributed by atoms with Gasteiger partial charge >= 0.3 is 0 Å². The Morgan fingerprint density at radius 2 is 2.26 bits per heavy atom. The van der Waals surface area contributed by atoms with Gasteiger partial charge < -0.3 is 0 Å². The van der Waals surface area contributed by atoms with Crippen LogP contribution in [0.15, 0.2) is 18.2 Å². The zero-order chi connectivity index (χ0) is 13.2. The lowest BCUT2D eigenvalue weighted by Crippen LogP contribution is -2.14. The summed E-state index contributed by atoms with van der Waals surface area (Å²) in [5, 5.41) is 12.4. The van der Waals surface area contributed by atoms with Crippen LogP contribution in [0.1, 0.15) is 39.8 Å². The summed E-state index contributed by atoms with van der Waals surface area (Å²) in [6.45, 7) is 2.02. The predicted molar refractivity (Wildman–Crippen MR) is 75.7 cm³/mol. The molecule has 1 N–H and O–H groups in total. The molecule has 19 heavy (non-hydrogen) atoms. The zero-order valence-corrected chi connectivity index (χ0v) is 11.6.